The van der Waals surface area contributed by atoms with Crippen molar-refractivity contribution in [2.75, 3.05) is 0 Å². The van der Waals surface area contributed by atoms with Crippen LogP contribution in [0.1, 0.15) is 74.9 Å². The third kappa shape index (κ3) is 4.29. The van der Waals surface area contributed by atoms with Gasteiger partial charge in [0.05, 0.1) is 18.1 Å². The van der Waals surface area contributed by atoms with Crippen LogP contribution in [0.2, 0.25) is 0 Å². The molecule has 6 aliphatic carbocycles. The number of benzene rings is 1. The molecule has 2 aliphatic heterocycles. The minimum atomic E-state index is -0.296. The molecule has 0 radical (unpaired) electrons. The third-order valence-electron chi connectivity index (χ3n) is 11.9. The van der Waals surface area contributed by atoms with Crippen molar-refractivity contribution in [2.45, 2.75) is 70.2 Å². The first kappa shape index (κ1) is 29.3. The van der Waals surface area contributed by atoms with Crippen molar-refractivity contribution in [3.63, 3.8) is 0 Å². The molecule has 0 amide bonds. The van der Waals surface area contributed by atoms with E-state index in [0.717, 1.165) is 48.4 Å². The Bertz CT molecular complexity index is 2020. The molecule has 240 valence electrons. The van der Waals surface area contributed by atoms with Gasteiger partial charge in [0, 0.05) is 28.5 Å². The van der Waals surface area contributed by atoms with Crippen LogP contribution in [0.25, 0.3) is 5.57 Å². The van der Waals surface area contributed by atoms with Crippen LogP contribution in [0.5, 0.6) is 0 Å². The van der Waals surface area contributed by atoms with Gasteiger partial charge in [-0.05, 0) is 77.3 Å². The molecule has 4 unspecified atom stereocenters. The highest BCUT2D eigenvalue weighted by Crippen LogP contribution is 2.69. The minimum Gasteiger partial charge on any atom is -0.482 e. The quantitative estimate of drug-likeness (QED) is 0.331. The molecule has 1 aromatic rings. The second kappa shape index (κ2) is 10.8. The molecular formula is C43H42N4O. The number of rotatable bonds is 5. The fraction of sp³-hybridized carbons (Fsp3) is 0.302. The van der Waals surface area contributed by atoms with Gasteiger partial charge in [0.2, 0.25) is 0 Å². The Morgan fingerprint density at radius 1 is 1.06 bits per heavy atom. The number of hydrogen-bond acceptors (Lipinski definition) is 5. The average molecular weight is 631 g/mol. The summed E-state index contributed by atoms with van der Waals surface area (Å²) in [5.74, 6) is 2.08. The highest BCUT2D eigenvalue weighted by molar-refractivity contribution is 6.07. The Hall–Kier alpha value is -4.90. The van der Waals surface area contributed by atoms with Crippen LogP contribution < -0.4 is 5.32 Å². The van der Waals surface area contributed by atoms with Crippen molar-refractivity contribution in [1.29, 1.82) is 0 Å². The standard InChI is InChI=1S/C43H42N4O/c1-5-6-16-31-25-47(37-21-20-27-13-10-11-17-32(27)39(37)48-31)30-15-12-14-28(22-30)40-44-26-45-41(46-40)29-23-34-33-18-8-7-9-19-35(33)42(2,3)43(4)36(24-29)38(34)43/h5-10,12-14,16,18,20-26,30,32,39,41H,1,11,15,17,19H2,2-4H3,(H,44,45,46)/b16-6-/t30?,32?,39?,41?,43-/m1/s1. The van der Waals surface area contributed by atoms with Crippen LogP contribution in [0, 0.1) is 11.3 Å². The van der Waals surface area contributed by atoms with Crippen molar-refractivity contribution < 1.29 is 4.74 Å². The molecule has 0 bridgehead atoms. The smallest absolute Gasteiger partial charge is 0.169 e. The highest BCUT2D eigenvalue weighted by Gasteiger charge is 2.61. The van der Waals surface area contributed by atoms with E-state index >= 15 is 0 Å². The van der Waals surface area contributed by atoms with Gasteiger partial charge in [-0.15, -0.1) is 0 Å². The molecular weight excluding hydrogens is 589 g/mol. The van der Waals surface area contributed by atoms with Gasteiger partial charge in [-0.3, -0.25) is 0 Å². The molecule has 1 aromatic carbocycles. The van der Waals surface area contributed by atoms with E-state index in [1.165, 1.54) is 39.1 Å². The highest BCUT2D eigenvalue weighted by atomic mass is 16.5. The number of nitrogens with zero attached hydrogens (tertiary/aromatic N) is 3. The molecule has 0 fully saturated rings. The number of aliphatic imine (C=N–C) groups is 2. The predicted octanol–water partition coefficient (Wildman–Crippen LogP) is 8.97. The lowest BCUT2D eigenvalue weighted by Crippen LogP contribution is -2.44. The van der Waals surface area contributed by atoms with E-state index < -0.39 is 0 Å². The molecule has 0 saturated carbocycles. The zero-order chi connectivity index (χ0) is 32.6. The summed E-state index contributed by atoms with van der Waals surface area (Å²) in [6, 6.07) is 4.87. The van der Waals surface area contributed by atoms with Crippen LogP contribution in [-0.2, 0) is 10.2 Å². The molecule has 0 aromatic heterocycles. The molecule has 0 spiro atoms. The summed E-state index contributed by atoms with van der Waals surface area (Å²) in [4.78, 5) is 12.5. The van der Waals surface area contributed by atoms with Crippen LogP contribution in [-0.4, -0.2) is 29.2 Å². The molecule has 0 saturated heterocycles. The van der Waals surface area contributed by atoms with E-state index in [4.69, 9.17) is 14.7 Å². The summed E-state index contributed by atoms with van der Waals surface area (Å²) in [5, 5.41) is 3.39. The van der Waals surface area contributed by atoms with E-state index in [2.05, 4.69) is 123 Å². The average Bonchev–Trinajstić information content (AvgIpc) is 3.83. The predicted molar refractivity (Wildman–Crippen MR) is 196 cm³/mol. The topological polar surface area (TPSA) is 49.2 Å². The Morgan fingerprint density at radius 2 is 1.98 bits per heavy atom. The van der Waals surface area contributed by atoms with E-state index in [0.29, 0.717) is 5.92 Å². The second-order valence-electron chi connectivity index (χ2n) is 14.6. The molecule has 9 rings (SSSR count). The Morgan fingerprint density at radius 3 is 2.88 bits per heavy atom. The fourth-order valence-corrected chi connectivity index (χ4v) is 9.03. The van der Waals surface area contributed by atoms with Crippen LogP contribution in [0.15, 0.2) is 148 Å². The van der Waals surface area contributed by atoms with Crippen LogP contribution >= 0.6 is 0 Å². The Labute approximate surface area is 284 Å². The van der Waals surface area contributed by atoms with Gasteiger partial charge in [-0.1, -0.05) is 112 Å². The molecule has 1 N–H and O–H groups in total. The minimum absolute atomic E-state index is 0.0114. The number of nitrogens with one attached hydrogen (secondary N) is 1. The molecule has 8 aliphatic rings. The Kier molecular flexibility index (Phi) is 6.59. The van der Waals surface area contributed by atoms with Crippen molar-refractivity contribution >= 4 is 17.7 Å². The summed E-state index contributed by atoms with van der Waals surface area (Å²) in [7, 11) is 0. The summed E-state index contributed by atoms with van der Waals surface area (Å²) in [5.41, 5.74) is 12.2. The number of amidine groups is 1. The van der Waals surface area contributed by atoms with Crippen molar-refractivity contribution in [3.05, 3.63) is 160 Å². The van der Waals surface area contributed by atoms with E-state index in [-0.39, 0.29) is 29.1 Å². The van der Waals surface area contributed by atoms with Gasteiger partial charge in [0.15, 0.2) is 6.17 Å². The first-order chi connectivity index (χ1) is 23.4. The molecule has 5 nitrogen and oxygen atoms in total. The lowest BCUT2D eigenvalue weighted by molar-refractivity contribution is 0.0615. The number of allylic oxidation sites excluding steroid dienone is 13. The van der Waals surface area contributed by atoms with Gasteiger partial charge in [-0.25, -0.2) is 9.98 Å². The normalized spacial score (nSPS) is 31.6. The third-order valence-corrected chi connectivity index (χ3v) is 11.9. The maximum atomic E-state index is 6.63. The summed E-state index contributed by atoms with van der Waals surface area (Å²) < 4.78 is 6.63. The van der Waals surface area contributed by atoms with Crippen LogP contribution in [0.4, 0.5) is 0 Å². The van der Waals surface area contributed by atoms with E-state index in [9.17, 15) is 0 Å². The summed E-state index contributed by atoms with van der Waals surface area (Å²) >= 11 is 0. The number of fused-ring (bicyclic) bond motifs is 5. The second-order valence-corrected chi connectivity index (χ2v) is 14.6. The summed E-state index contributed by atoms with van der Waals surface area (Å²) in [6.45, 7) is 11.1. The summed E-state index contributed by atoms with van der Waals surface area (Å²) in [6.07, 6.45) is 38.4. The van der Waals surface area contributed by atoms with Crippen LogP contribution in [0.3, 0.4) is 0 Å². The van der Waals surface area contributed by atoms with Gasteiger partial charge >= 0.3 is 0 Å². The van der Waals surface area contributed by atoms with Gasteiger partial charge < -0.3 is 15.0 Å². The van der Waals surface area contributed by atoms with E-state index in [1.54, 1.807) is 6.08 Å². The van der Waals surface area contributed by atoms with Crippen molar-refractivity contribution in [3.8, 4) is 0 Å². The fourth-order valence-electron chi connectivity index (χ4n) is 9.03. The van der Waals surface area contributed by atoms with Crippen molar-refractivity contribution in [2.24, 2.45) is 21.3 Å². The monoisotopic (exact) mass is 630 g/mol. The zero-order valence-electron chi connectivity index (χ0n) is 28.0. The number of ether oxygens (including phenoxy) is 1. The maximum absolute atomic E-state index is 6.63. The lowest BCUT2D eigenvalue weighted by atomic mass is 9.63. The maximum Gasteiger partial charge on any atom is 0.169 e. The molecule has 48 heavy (non-hydrogen) atoms. The molecule has 5 atom stereocenters. The first-order valence-electron chi connectivity index (χ1n) is 17.4. The van der Waals surface area contributed by atoms with E-state index in [1.807, 2.05) is 18.5 Å². The van der Waals surface area contributed by atoms with Gasteiger partial charge in [-0.2, -0.15) is 0 Å². The molecule has 5 heteroatoms. The SMILES string of the molecule is C=C/C=C\C1=CN(C2C=C(C3=NC(c4cc5c6c(c4)[C@@]6(C)C(C)(C)C4=C5C=CC=CC4)N=CN3)C=CC2)C2=CC=C3C=CCCC3C2O1. The van der Waals surface area contributed by atoms with Gasteiger partial charge in [0.1, 0.15) is 17.7 Å². The lowest BCUT2D eigenvalue weighted by Gasteiger charge is -2.44. The largest absolute Gasteiger partial charge is 0.482 e. The van der Waals surface area contributed by atoms with Crippen molar-refractivity contribution in [1.82, 2.24) is 10.2 Å². The first-order valence-corrected chi connectivity index (χ1v) is 17.4. The zero-order valence-corrected chi connectivity index (χ0v) is 28.0. The number of hydrogen-bond donors (Lipinski definition) is 1. The van der Waals surface area contributed by atoms with Gasteiger partial charge in [0.25, 0.3) is 0 Å². The Balaban J connectivity index is 1.05. The molecule has 2 heterocycles.